The van der Waals surface area contributed by atoms with Gasteiger partial charge in [0.15, 0.2) is 5.13 Å². The predicted octanol–water partition coefficient (Wildman–Crippen LogP) is 3.09. The average molecular weight is 416 g/mol. The number of anilines is 1. The van der Waals surface area contributed by atoms with Crippen LogP contribution in [0.3, 0.4) is 0 Å². The molecule has 2 heterocycles. The number of hydrogen-bond acceptors (Lipinski definition) is 8. The molecule has 9 heteroatoms. The van der Waals surface area contributed by atoms with E-state index in [0.29, 0.717) is 11.7 Å². The molecule has 0 saturated carbocycles. The van der Waals surface area contributed by atoms with Gasteiger partial charge < -0.3 is 14.4 Å². The van der Waals surface area contributed by atoms with Crippen LogP contribution >= 0.6 is 11.3 Å². The molecular formula is C20H25N5O3S. The van der Waals surface area contributed by atoms with Gasteiger partial charge in [-0.25, -0.2) is 4.98 Å². The summed E-state index contributed by atoms with van der Waals surface area (Å²) in [5.41, 5.74) is 1.07. The van der Waals surface area contributed by atoms with Crippen molar-refractivity contribution < 1.29 is 14.3 Å². The lowest BCUT2D eigenvalue weighted by molar-refractivity contribution is 0.0977. The first kappa shape index (κ1) is 20.9. The molecule has 0 aliphatic rings. The van der Waals surface area contributed by atoms with Gasteiger partial charge in [0.1, 0.15) is 5.69 Å². The molecule has 0 fully saturated rings. The molecule has 0 spiro atoms. The Bertz CT molecular complexity index is 918. The number of rotatable bonds is 9. The van der Waals surface area contributed by atoms with Gasteiger partial charge in [-0.15, -0.1) is 0 Å². The summed E-state index contributed by atoms with van der Waals surface area (Å²) in [6, 6.07) is 9.45. The van der Waals surface area contributed by atoms with E-state index in [9.17, 15) is 4.79 Å². The molecule has 0 bridgehead atoms. The van der Waals surface area contributed by atoms with Crippen LogP contribution in [-0.4, -0.2) is 66.2 Å². The summed E-state index contributed by atoms with van der Waals surface area (Å²) in [6.07, 6.45) is 0. The van der Waals surface area contributed by atoms with Gasteiger partial charge in [-0.2, -0.15) is 9.97 Å². The molecule has 29 heavy (non-hydrogen) atoms. The molecule has 8 nitrogen and oxygen atoms in total. The summed E-state index contributed by atoms with van der Waals surface area (Å²) in [5, 5.41) is 0.639. The second-order valence-corrected chi connectivity index (χ2v) is 7.24. The second kappa shape index (κ2) is 9.62. The number of benzene rings is 1. The fourth-order valence-electron chi connectivity index (χ4n) is 2.89. The fraction of sp³-hybridized carbons (Fsp3) is 0.400. The molecule has 0 radical (unpaired) electrons. The van der Waals surface area contributed by atoms with Gasteiger partial charge in [-0.05, 0) is 25.2 Å². The minimum Gasteiger partial charge on any atom is -0.481 e. The normalized spacial score (nSPS) is 11.1. The highest BCUT2D eigenvalue weighted by atomic mass is 32.1. The van der Waals surface area contributed by atoms with Crippen molar-refractivity contribution in [3.63, 3.8) is 0 Å². The van der Waals surface area contributed by atoms with Crippen molar-refractivity contribution in [2.24, 2.45) is 0 Å². The third-order valence-corrected chi connectivity index (χ3v) is 5.65. The number of nitrogens with zero attached hydrogens (tertiary/aromatic N) is 5. The standard InChI is InChI=1S/C20H25N5O3S/c1-5-24(6-2)11-12-25(20-22-14-9-7-8-10-16(14)29-20)18(26)15-13-17(27-3)23-19(21-15)28-4/h7-10,13H,5-6,11-12H2,1-4H3. The van der Waals surface area contributed by atoms with E-state index in [2.05, 4.69) is 33.7 Å². The molecule has 0 N–H and O–H groups in total. The summed E-state index contributed by atoms with van der Waals surface area (Å²) in [4.78, 5) is 30.3. The quantitative estimate of drug-likeness (QED) is 0.531. The van der Waals surface area contributed by atoms with Crippen LogP contribution in [0.4, 0.5) is 5.13 Å². The number of para-hydroxylation sites is 1. The molecule has 0 saturated heterocycles. The van der Waals surface area contributed by atoms with Gasteiger partial charge >= 0.3 is 6.01 Å². The van der Waals surface area contributed by atoms with Crippen molar-refractivity contribution in [2.45, 2.75) is 13.8 Å². The Morgan fingerprint density at radius 1 is 1.03 bits per heavy atom. The summed E-state index contributed by atoms with van der Waals surface area (Å²) >= 11 is 1.48. The van der Waals surface area contributed by atoms with E-state index in [0.717, 1.165) is 29.9 Å². The molecule has 0 aliphatic carbocycles. The number of carbonyl (C=O) groups excluding carboxylic acids is 1. The smallest absolute Gasteiger partial charge is 0.320 e. The second-order valence-electron chi connectivity index (χ2n) is 6.23. The van der Waals surface area contributed by atoms with E-state index >= 15 is 0 Å². The molecule has 154 valence electrons. The lowest BCUT2D eigenvalue weighted by atomic mass is 10.3. The van der Waals surface area contributed by atoms with Crippen LogP contribution in [0.1, 0.15) is 24.3 Å². The van der Waals surface area contributed by atoms with Crippen LogP contribution in [0.2, 0.25) is 0 Å². The Balaban J connectivity index is 1.98. The van der Waals surface area contributed by atoms with Crippen LogP contribution in [0, 0.1) is 0 Å². The van der Waals surface area contributed by atoms with Crippen molar-refractivity contribution >= 4 is 32.6 Å². The average Bonchev–Trinajstić information content (AvgIpc) is 3.19. The van der Waals surface area contributed by atoms with Crippen molar-refractivity contribution in [1.29, 1.82) is 0 Å². The number of thiazole rings is 1. The molecule has 1 amide bonds. The fourth-order valence-corrected chi connectivity index (χ4v) is 3.88. The van der Waals surface area contributed by atoms with E-state index < -0.39 is 0 Å². The summed E-state index contributed by atoms with van der Waals surface area (Å²) in [6.45, 7) is 7.26. The van der Waals surface area contributed by atoms with Crippen LogP contribution < -0.4 is 14.4 Å². The number of amides is 1. The monoisotopic (exact) mass is 415 g/mol. The summed E-state index contributed by atoms with van der Waals surface area (Å²) in [5.74, 6) is 0.00315. The minimum atomic E-state index is -0.268. The molecule has 0 unspecified atom stereocenters. The van der Waals surface area contributed by atoms with E-state index in [1.807, 2.05) is 24.3 Å². The highest BCUT2D eigenvalue weighted by Gasteiger charge is 2.24. The number of hydrogen-bond donors (Lipinski definition) is 0. The molecular weight excluding hydrogens is 390 g/mol. The van der Waals surface area contributed by atoms with Crippen molar-refractivity contribution in [3.05, 3.63) is 36.0 Å². The molecule has 1 aromatic carbocycles. The van der Waals surface area contributed by atoms with Gasteiger partial charge in [0.25, 0.3) is 5.91 Å². The first-order valence-corrected chi connectivity index (χ1v) is 10.3. The number of likely N-dealkylation sites (N-methyl/N-ethyl adjacent to an activating group) is 1. The first-order valence-electron chi connectivity index (χ1n) is 9.46. The van der Waals surface area contributed by atoms with Crippen molar-refractivity contribution in [3.8, 4) is 11.9 Å². The van der Waals surface area contributed by atoms with Gasteiger partial charge in [0, 0.05) is 19.2 Å². The maximum Gasteiger partial charge on any atom is 0.320 e. The molecule has 0 atom stereocenters. The van der Waals surface area contributed by atoms with Gasteiger partial charge in [0.05, 0.1) is 24.4 Å². The third kappa shape index (κ3) is 4.80. The first-order chi connectivity index (χ1) is 14.1. The lowest BCUT2D eigenvalue weighted by Crippen LogP contribution is -2.39. The SMILES string of the molecule is CCN(CC)CCN(C(=O)c1cc(OC)nc(OC)n1)c1nc2ccccc2s1. The summed E-state index contributed by atoms with van der Waals surface area (Å²) in [7, 11) is 2.94. The van der Waals surface area contributed by atoms with Crippen LogP contribution in [0.25, 0.3) is 10.2 Å². The zero-order valence-electron chi connectivity index (χ0n) is 17.1. The number of methoxy groups -OCH3 is 2. The van der Waals surface area contributed by atoms with E-state index in [4.69, 9.17) is 9.47 Å². The highest BCUT2D eigenvalue weighted by Crippen LogP contribution is 2.29. The maximum atomic E-state index is 13.4. The van der Waals surface area contributed by atoms with E-state index in [1.165, 1.54) is 31.6 Å². The van der Waals surface area contributed by atoms with E-state index in [-0.39, 0.29) is 23.5 Å². The Morgan fingerprint density at radius 2 is 1.79 bits per heavy atom. The number of carbonyl (C=O) groups is 1. The zero-order chi connectivity index (χ0) is 20.8. The van der Waals surface area contributed by atoms with Crippen LogP contribution in [0.15, 0.2) is 30.3 Å². The lowest BCUT2D eigenvalue weighted by Gasteiger charge is -2.24. The number of aromatic nitrogens is 3. The maximum absolute atomic E-state index is 13.4. The number of ether oxygens (including phenoxy) is 2. The molecule has 3 rings (SSSR count). The zero-order valence-corrected chi connectivity index (χ0v) is 17.9. The van der Waals surface area contributed by atoms with Gasteiger partial charge in [-0.1, -0.05) is 37.3 Å². The highest BCUT2D eigenvalue weighted by molar-refractivity contribution is 7.22. The van der Waals surface area contributed by atoms with Gasteiger partial charge in [-0.3, -0.25) is 9.69 Å². The summed E-state index contributed by atoms with van der Waals surface area (Å²) < 4.78 is 11.3. The van der Waals surface area contributed by atoms with E-state index in [1.54, 1.807) is 4.90 Å². The Hall–Kier alpha value is -2.78. The topological polar surface area (TPSA) is 80.7 Å². The largest absolute Gasteiger partial charge is 0.481 e. The van der Waals surface area contributed by atoms with Crippen molar-refractivity contribution in [2.75, 3.05) is 45.3 Å². The number of fused-ring (bicyclic) bond motifs is 1. The Kier molecular flexibility index (Phi) is 6.95. The molecule has 3 aromatic rings. The molecule has 0 aliphatic heterocycles. The van der Waals surface area contributed by atoms with Crippen LogP contribution in [-0.2, 0) is 0 Å². The predicted molar refractivity (Wildman–Crippen MR) is 114 cm³/mol. The molecule has 2 aromatic heterocycles. The Labute approximate surface area is 174 Å². The third-order valence-electron chi connectivity index (χ3n) is 4.59. The minimum absolute atomic E-state index is 0.0840. The Morgan fingerprint density at radius 3 is 2.45 bits per heavy atom. The van der Waals surface area contributed by atoms with Crippen molar-refractivity contribution in [1.82, 2.24) is 19.9 Å². The van der Waals surface area contributed by atoms with Gasteiger partial charge in [0.2, 0.25) is 5.88 Å². The van der Waals surface area contributed by atoms with Crippen LogP contribution in [0.5, 0.6) is 11.9 Å².